The fourth-order valence-electron chi connectivity index (χ4n) is 2.60. The van der Waals surface area contributed by atoms with Gasteiger partial charge in [-0.15, -0.1) is 11.3 Å². The Hall–Kier alpha value is -2.08. The van der Waals surface area contributed by atoms with E-state index in [-0.39, 0.29) is 12.1 Å². The molecule has 6 heteroatoms. The molecule has 0 bridgehead atoms. The van der Waals surface area contributed by atoms with Crippen LogP contribution in [0.4, 0.5) is 5.69 Å². The summed E-state index contributed by atoms with van der Waals surface area (Å²) in [4.78, 5) is 13.0. The van der Waals surface area contributed by atoms with Crippen LogP contribution in [-0.2, 0) is 6.54 Å². The molecule has 0 aliphatic heterocycles. The molecule has 0 aliphatic rings. The number of nitrogens with zero attached hydrogens (tertiary/aromatic N) is 1. The number of hydrogen-bond donors (Lipinski definition) is 2. The second-order valence-electron chi connectivity index (χ2n) is 6.64. The summed E-state index contributed by atoms with van der Waals surface area (Å²) in [6.45, 7) is 3.59. The lowest BCUT2D eigenvalue weighted by molar-refractivity contribution is 0.0605. The summed E-state index contributed by atoms with van der Waals surface area (Å²) in [5, 5.41) is 12.6. The van der Waals surface area contributed by atoms with Gasteiger partial charge in [-0.1, -0.05) is 17.7 Å². The molecule has 0 atom stereocenters. The first-order chi connectivity index (χ1) is 11.7. The van der Waals surface area contributed by atoms with Crippen molar-refractivity contribution in [1.29, 1.82) is 0 Å². The van der Waals surface area contributed by atoms with Gasteiger partial charge in [-0.25, -0.2) is 0 Å². The Bertz CT molecular complexity index is 970. The van der Waals surface area contributed by atoms with Crippen molar-refractivity contribution in [3.8, 4) is 21.6 Å². The molecule has 1 aromatic carbocycles. The van der Waals surface area contributed by atoms with Gasteiger partial charge >= 0.3 is 0 Å². The van der Waals surface area contributed by atoms with Crippen LogP contribution in [0.2, 0.25) is 5.02 Å². The Morgan fingerprint density at radius 1 is 1.20 bits per heavy atom. The number of thiophene rings is 1. The van der Waals surface area contributed by atoms with E-state index in [0.717, 1.165) is 21.6 Å². The number of aliphatic hydroxyl groups is 1. The molecule has 2 aromatic heterocycles. The first-order valence-corrected chi connectivity index (χ1v) is 9.06. The third-order valence-electron chi connectivity index (χ3n) is 3.73. The molecular weight excluding hydrogens is 356 g/mol. The molecule has 2 heterocycles. The third kappa shape index (κ3) is 4.12. The van der Waals surface area contributed by atoms with Gasteiger partial charge in [0.15, 0.2) is 0 Å². The predicted molar refractivity (Wildman–Crippen MR) is 105 cm³/mol. The second-order valence-corrected chi connectivity index (χ2v) is 7.95. The minimum atomic E-state index is -0.959. The van der Waals surface area contributed by atoms with Crippen molar-refractivity contribution in [1.82, 2.24) is 4.57 Å². The normalized spacial score (nSPS) is 11.7. The molecule has 3 N–H and O–H groups in total. The van der Waals surface area contributed by atoms with Crippen LogP contribution in [0.25, 0.3) is 21.6 Å². The average Bonchev–Trinajstić information content (AvgIpc) is 2.97. The first kappa shape index (κ1) is 17.7. The van der Waals surface area contributed by atoms with Crippen molar-refractivity contribution < 1.29 is 5.11 Å². The number of anilines is 1. The molecule has 0 fully saturated rings. The summed E-state index contributed by atoms with van der Waals surface area (Å²) in [5.74, 6) is 0. The van der Waals surface area contributed by atoms with Crippen molar-refractivity contribution in [2.24, 2.45) is 0 Å². The van der Waals surface area contributed by atoms with Crippen LogP contribution in [0, 0.1) is 0 Å². The number of halogens is 1. The molecule has 25 heavy (non-hydrogen) atoms. The molecule has 0 saturated carbocycles. The summed E-state index contributed by atoms with van der Waals surface area (Å²) in [5.41, 5.74) is 8.12. The smallest absolute Gasteiger partial charge is 0.250 e. The summed E-state index contributed by atoms with van der Waals surface area (Å²) in [7, 11) is 0. The number of nitrogen functional groups attached to an aromatic ring is 1. The lowest BCUT2D eigenvalue weighted by Crippen LogP contribution is -2.32. The van der Waals surface area contributed by atoms with Gasteiger partial charge in [0.25, 0.3) is 5.56 Å². The number of nitrogens with two attached hydrogens (primary N) is 1. The largest absolute Gasteiger partial charge is 0.399 e. The highest BCUT2D eigenvalue weighted by molar-refractivity contribution is 7.14. The van der Waals surface area contributed by atoms with Gasteiger partial charge in [0, 0.05) is 28.4 Å². The summed E-state index contributed by atoms with van der Waals surface area (Å²) in [6.07, 6.45) is 1.77. The predicted octanol–water partition coefficient (Wildman–Crippen LogP) is 4.25. The van der Waals surface area contributed by atoms with Gasteiger partial charge in [-0.3, -0.25) is 4.79 Å². The van der Waals surface area contributed by atoms with E-state index in [4.69, 9.17) is 17.3 Å². The van der Waals surface area contributed by atoms with E-state index in [1.807, 2.05) is 23.6 Å². The van der Waals surface area contributed by atoms with Gasteiger partial charge in [0.2, 0.25) is 0 Å². The quantitative estimate of drug-likeness (QED) is 0.671. The zero-order chi connectivity index (χ0) is 18.2. The molecule has 0 amide bonds. The van der Waals surface area contributed by atoms with Crippen molar-refractivity contribution >= 4 is 28.6 Å². The SMILES string of the molecule is CC(C)(O)Cn1cc(-c2csc(-c3ccc(N)cc3Cl)c2)ccc1=O. The van der Waals surface area contributed by atoms with Gasteiger partial charge < -0.3 is 15.4 Å². The lowest BCUT2D eigenvalue weighted by atomic mass is 10.1. The summed E-state index contributed by atoms with van der Waals surface area (Å²) >= 11 is 7.87. The maximum atomic E-state index is 12.0. The minimum Gasteiger partial charge on any atom is -0.399 e. The van der Waals surface area contributed by atoms with Gasteiger partial charge in [0.05, 0.1) is 17.2 Å². The van der Waals surface area contributed by atoms with Gasteiger partial charge in [0.1, 0.15) is 0 Å². The van der Waals surface area contributed by atoms with Crippen LogP contribution in [0.15, 0.2) is 52.8 Å². The van der Waals surface area contributed by atoms with Crippen molar-refractivity contribution in [2.75, 3.05) is 5.73 Å². The van der Waals surface area contributed by atoms with E-state index in [1.165, 1.54) is 10.6 Å². The summed E-state index contributed by atoms with van der Waals surface area (Å²) < 4.78 is 1.53. The molecule has 3 rings (SSSR count). The van der Waals surface area contributed by atoms with E-state index in [2.05, 4.69) is 0 Å². The second kappa shape index (κ2) is 6.67. The van der Waals surface area contributed by atoms with Crippen LogP contribution < -0.4 is 11.3 Å². The molecule has 0 saturated heterocycles. The number of pyridine rings is 1. The van der Waals surface area contributed by atoms with Crippen molar-refractivity contribution in [3.63, 3.8) is 0 Å². The molecule has 3 aromatic rings. The Balaban J connectivity index is 1.97. The lowest BCUT2D eigenvalue weighted by Gasteiger charge is -2.19. The molecule has 4 nitrogen and oxygen atoms in total. The first-order valence-electron chi connectivity index (χ1n) is 7.80. The molecule has 0 spiro atoms. The highest BCUT2D eigenvalue weighted by Crippen LogP contribution is 2.36. The van der Waals surface area contributed by atoms with E-state index in [9.17, 15) is 9.90 Å². The van der Waals surface area contributed by atoms with E-state index < -0.39 is 5.60 Å². The number of benzene rings is 1. The topological polar surface area (TPSA) is 68.2 Å². The Kier molecular flexibility index (Phi) is 4.73. The molecule has 0 aliphatic carbocycles. The van der Waals surface area contributed by atoms with Gasteiger partial charge in [-0.2, -0.15) is 0 Å². The Labute approximate surface area is 155 Å². The van der Waals surface area contributed by atoms with E-state index in [1.54, 1.807) is 43.5 Å². The third-order valence-corrected chi connectivity index (χ3v) is 5.01. The number of aromatic nitrogens is 1. The Morgan fingerprint density at radius 3 is 2.64 bits per heavy atom. The van der Waals surface area contributed by atoms with Crippen LogP contribution >= 0.6 is 22.9 Å². The molecular formula is C19H19ClN2O2S. The van der Waals surface area contributed by atoms with E-state index >= 15 is 0 Å². The molecule has 0 radical (unpaired) electrons. The highest BCUT2D eigenvalue weighted by atomic mass is 35.5. The average molecular weight is 375 g/mol. The Morgan fingerprint density at radius 2 is 1.96 bits per heavy atom. The fraction of sp³-hybridized carbons (Fsp3) is 0.211. The summed E-state index contributed by atoms with van der Waals surface area (Å²) in [6, 6.07) is 10.8. The maximum absolute atomic E-state index is 12.0. The zero-order valence-electron chi connectivity index (χ0n) is 14.0. The van der Waals surface area contributed by atoms with Crippen LogP contribution in [0.3, 0.4) is 0 Å². The monoisotopic (exact) mass is 374 g/mol. The number of hydrogen-bond acceptors (Lipinski definition) is 4. The minimum absolute atomic E-state index is 0.136. The standard InChI is InChI=1S/C19H19ClN2O2S/c1-19(2,24)11-22-9-12(3-6-18(22)23)13-7-17(25-10-13)15-5-4-14(21)8-16(15)20/h3-10,24H,11,21H2,1-2H3. The van der Waals surface area contributed by atoms with Crippen LogP contribution in [-0.4, -0.2) is 15.3 Å². The zero-order valence-corrected chi connectivity index (χ0v) is 15.6. The highest BCUT2D eigenvalue weighted by Gasteiger charge is 2.15. The van der Waals surface area contributed by atoms with E-state index in [0.29, 0.717) is 10.7 Å². The molecule has 130 valence electrons. The maximum Gasteiger partial charge on any atom is 0.250 e. The van der Waals surface area contributed by atoms with Crippen LogP contribution in [0.1, 0.15) is 13.8 Å². The van der Waals surface area contributed by atoms with Crippen molar-refractivity contribution in [2.45, 2.75) is 26.0 Å². The number of rotatable bonds is 4. The van der Waals surface area contributed by atoms with Crippen molar-refractivity contribution in [3.05, 3.63) is 63.4 Å². The molecule has 0 unspecified atom stereocenters. The van der Waals surface area contributed by atoms with Crippen LogP contribution in [0.5, 0.6) is 0 Å². The van der Waals surface area contributed by atoms with Gasteiger partial charge in [-0.05, 0) is 54.6 Å². The fourth-order valence-corrected chi connectivity index (χ4v) is 3.91.